The summed E-state index contributed by atoms with van der Waals surface area (Å²) in [5, 5.41) is 10.3. The third kappa shape index (κ3) is 2.61. The van der Waals surface area contributed by atoms with Crippen molar-refractivity contribution in [1.29, 1.82) is 0 Å². The molecule has 5 heterocycles. The molecule has 2 aliphatic heterocycles. The number of hydrogen-bond donors (Lipinski definition) is 3. The average molecular weight is 327 g/mol. The minimum atomic E-state index is -0.0886. The Kier molecular flexibility index (Phi) is 2.66. The number of aromatic nitrogens is 4. The molecule has 3 N–H and O–H groups in total. The summed E-state index contributed by atoms with van der Waals surface area (Å²) in [7, 11) is 0. The minimum absolute atomic E-state index is 0.0564. The summed E-state index contributed by atoms with van der Waals surface area (Å²) in [5.41, 5.74) is 5.92. The Morgan fingerprint density at radius 2 is 1.32 bits per heavy atom. The first-order chi connectivity index (χ1) is 12.6. The molecule has 5 nitrogen and oxygen atoms in total. The predicted octanol–water partition coefficient (Wildman–Crippen LogP) is 4.36. The first kappa shape index (κ1) is 12.8. The number of nitrogens with zero attached hydrogens (tertiary/aromatic N) is 2. The first-order valence-corrected chi connectivity index (χ1v) is 7.91. The van der Waals surface area contributed by atoms with E-state index >= 15 is 0 Å². The van der Waals surface area contributed by atoms with Gasteiger partial charge >= 0.3 is 0 Å². The second-order valence-corrected chi connectivity index (χ2v) is 5.96. The molecule has 0 saturated carbocycles. The van der Waals surface area contributed by atoms with Crippen molar-refractivity contribution < 1.29 is 6.48 Å². The topological polar surface area (TPSA) is 77.6 Å². The molecule has 25 heavy (non-hydrogen) atoms. The highest BCUT2D eigenvalue weighted by Crippen LogP contribution is 2.22. The molecule has 0 amide bonds. The normalized spacial score (nSPS) is 13.2. The summed E-state index contributed by atoms with van der Waals surface area (Å²) in [4.78, 5) is 15.5. The van der Waals surface area contributed by atoms with Gasteiger partial charge in [-0.1, -0.05) is 0 Å². The van der Waals surface area contributed by atoms with Crippen molar-refractivity contribution in [1.82, 2.24) is 19.9 Å². The van der Waals surface area contributed by atoms with Crippen LogP contribution in [0.4, 0.5) is 0 Å². The van der Waals surface area contributed by atoms with Crippen molar-refractivity contribution in [3.8, 4) is 5.75 Å². The fraction of sp³-hybridized carbons (Fsp3) is 0. The molecule has 8 bridgehead atoms. The Morgan fingerprint density at radius 1 is 0.720 bits per heavy atom. The predicted molar refractivity (Wildman–Crippen MR) is 101 cm³/mol. The SMILES string of the molecule is [2H]c1c(O)c2cc3nc(cc4nc(cc5ccc(cc1[nH]2)[nH]5)C=C4)C=C3. The number of aromatic amines is 2. The van der Waals surface area contributed by atoms with Crippen LogP contribution < -0.4 is 0 Å². The Morgan fingerprint density at radius 3 is 2.04 bits per heavy atom. The Balaban J connectivity index is 1.90. The van der Waals surface area contributed by atoms with Gasteiger partial charge in [-0.05, 0) is 60.7 Å². The lowest BCUT2D eigenvalue weighted by atomic mass is 10.3. The number of nitrogens with one attached hydrogen (secondary N) is 2. The molecule has 0 aliphatic carbocycles. The van der Waals surface area contributed by atoms with E-state index in [1.54, 1.807) is 12.1 Å². The highest BCUT2D eigenvalue weighted by Gasteiger charge is 2.04. The van der Waals surface area contributed by atoms with Crippen LogP contribution in [0.5, 0.6) is 5.75 Å². The molecule has 0 unspecified atom stereocenters. The van der Waals surface area contributed by atoms with Gasteiger partial charge in [-0.2, -0.15) is 0 Å². The zero-order valence-electron chi connectivity index (χ0n) is 14.1. The lowest BCUT2D eigenvalue weighted by Gasteiger charge is -1.86. The molecule has 0 saturated heterocycles. The van der Waals surface area contributed by atoms with Crippen LogP contribution >= 0.6 is 0 Å². The van der Waals surface area contributed by atoms with Crippen LogP contribution in [0.15, 0.2) is 42.4 Å². The molecule has 3 aromatic rings. The summed E-state index contributed by atoms with van der Waals surface area (Å²) in [6.45, 7) is 0. The maximum Gasteiger partial charge on any atom is 0.141 e. The fourth-order valence-electron chi connectivity index (χ4n) is 2.93. The van der Waals surface area contributed by atoms with E-state index in [0.29, 0.717) is 16.7 Å². The number of aromatic hydroxyl groups is 1. The summed E-state index contributed by atoms with van der Waals surface area (Å²) >= 11 is 0. The smallest absolute Gasteiger partial charge is 0.141 e. The molecule has 5 heteroatoms. The number of H-pyrrole nitrogens is 2. The highest BCUT2D eigenvalue weighted by atomic mass is 16.3. The van der Waals surface area contributed by atoms with Crippen molar-refractivity contribution in [2.24, 2.45) is 0 Å². The zero-order valence-corrected chi connectivity index (χ0v) is 13.1. The summed E-state index contributed by atoms with van der Waals surface area (Å²) < 4.78 is 8.13. The van der Waals surface area contributed by atoms with Gasteiger partial charge in [-0.25, -0.2) is 9.97 Å². The monoisotopic (exact) mass is 327 g/mol. The van der Waals surface area contributed by atoms with Crippen molar-refractivity contribution in [3.05, 3.63) is 65.2 Å². The molecule has 120 valence electrons. The molecule has 0 spiro atoms. The van der Waals surface area contributed by atoms with Crippen LogP contribution in [0, 0.1) is 0 Å². The number of hydrogen-bond acceptors (Lipinski definition) is 3. The van der Waals surface area contributed by atoms with Crippen LogP contribution in [0.25, 0.3) is 46.4 Å². The Bertz CT molecular complexity index is 1260. The molecule has 0 aromatic carbocycles. The second kappa shape index (κ2) is 5.21. The highest BCUT2D eigenvalue weighted by molar-refractivity contribution is 5.79. The van der Waals surface area contributed by atoms with E-state index in [9.17, 15) is 5.11 Å². The molecule has 0 radical (unpaired) electrons. The maximum atomic E-state index is 10.3. The molecular formula is C20H14N4O. The van der Waals surface area contributed by atoms with Crippen molar-refractivity contribution in [2.75, 3.05) is 0 Å². The molecule has 2 aliphatic rings. The van der Waals surface area contributed by atoms with Crippen molar-refractivity contribution >= 4 is 46.4 Å². The van der Waals surface area contributed by atoms with Gasteiger partial charge in [-0.15, -0.1) is 0 Å². The summed E-state index contributed by atoms with van der Waals surface area (Å²) in [6, 6.07) is 11.3. The quantitative estimate of drug-likeness (QED) is 0.395. The van der Waals surface area contributed by atoms with E-state index in [2.05, 4.69) is 19.9 Å². The fourth-order valence-corrected chi connectivity index (χ4v) is 2.93. The van der Waals surface area contributed by atoms with E-state index in [-0.39, 0.29) is 11.8 Å². The van der Waals surface area contributed by atoms with Crippen LogP contribution in [-0.2, 0) is 0 Å². The Labute approximate surface area is 144 Å². The largest absolute Gasteiger partial charge is 0.506 e. The number of rotatable bonds is 0. The van der Waals surface area contributed by atoms with Crippen LogP contribution in [0.3, 0.4) is 0 Å². The van der Waals surface area contributed by atoms with Crippen molar-refractivity contribution in [3.63, 3.8) is 0 Å². The second-order valence-electron chi connectivity index (χ2n) is 5.96. The van der Waals surface area contributed by atoms with E-state index in [4.69, 9.17) is 1.37 Å². The van der Waals surface area contributed by atoms with Crippen LogP contribution in [-0.4, -0.2) is 25.0 Å². The van der Waals surface area contributed by atoms with Gasteiger partial charge in [0.1, 0.15) is 5.75 Å². The molecule has 3 aromatic heterocycles. The maximum absolute atomic E-state index is 10.3. The molecule has 0 fully saturated rings. The average Bonchev–Trinajstić information content (AvgIpc) is 3.38. The van der Waals surface area contributed by atoms with Gasteiger partial charge < -0.3 is 15.1 Å². The molecular weight excluding hydrogens is 312 g/mol. The number of fused-ring (bicyclic) bond motifs is 8. The lowest BCUT2D eigenvalue weighted by Crippen LogP contribution is -1.77. The minimum Gasteiger partial charge on any atom is -0.506 e. The standard InChI is InChI=1S/C20H14N4O/c25-20-11-18-9-16-4-3-14(22-16)7-12-1-2-13(21-12)8-15-5-6-17(23-15)10-19(20)24-18/h1-11,22,24-25H/i11D. The zero-order chi connectivity index (χ0) is 17.7. The third-order valence-corrected chi connectivity index (χ3v) is 4.07. The van der Waals surface area contributed by atoms with Gasteiger partial charge in [0.25, 0.3) is 0 Å². The third-order valence-electron chi connectivity index (χ3n) is 4.07. The van der Waals surface area contributed by atoms with E-state index in [0.717, 1.165) is 28.1 Å². The van der Waals surface area contributed by atoms with Crippen LogP contribution in [0.2, 0.25) is 0 Å². The van der Waals surface area contributed by atoms with Gasteiger partial charge in [0.05, 0.1) is 29.7 Å². The van der Waals surface area contributed by atoms with Gasteiger partial charge in [0.2, 0.25) is 0 Å². The van der Waals surface area contributed by atoms with Crippen LogP contribution in [0.1, 0.15) is 24.1 Å². The van der Waals surface area contributed by atoms with Gasteiger partial charge in [0, 0.05) is 22.6 Å². The van der Waals surface area contributed by atoms with E-state index < -0.39 is 0 Å². The molecule has 0 atom stereocenters. The molecule has 5 rings (SSSR count). The Hall–Kier alpha value is -3.60. The first-order valence-electron chi connectivity index (χ1n) is 8.41. The lowest BCUT2D eigenvalue weighted by molar-refractivity contribution is 0.482. The van der Waals surface area contributed by atoms with E-state index in [1.807, 2.05) is 48.6 Å². The van der Waals surface area contributed by atoms with Gasteiger partial charge in [0.15, 0.2) is 0 Å². The van der Waals surface area contributed by atoms with E-state index in [1.165, 1.54) is 0 Å². The summed E-state index contributed by atoms with van der Waals surface area (Å²) in [5.74, 6) is -0.0886. The van der Waals surface area contributed by atoms with Crippen molar-refractivity contribution in [2.45, 2.75) is 0 Å². The summed E-state index contributed by atoms with van der Waals surface area (Å²) in [6.07, 6.45) is 7.67. The van der Waals surface area contributed by atoms with Gasteiger partial charge in [-0.3, -0.25) is 0 Å².